The highest BCUT2D eigenvalue weighted by atomic mass is 16.5. The number of rotatable bonds is 4. The summed E-state index contributed by atoms with van der Waals surface area (Å²) in [5.41, 5.74) is 1.70. The maximum Gasteiger partial charge on any atom is 0.339 e. The molecule has 6 nitrogen and oxygen atoms in total. The van der Waals surface area contributed by atoms with Gasteiger partial charge in [-0.15, -0.1) is 0 Å². The largest absolute Gasteiger partial charge is 0.508 e. The molecule has 1 aliphatic rings. The lowest BCUT2D eigenvalue weighted by molar-refractivity contribution is -0.117. The Morgan fingerprint density at radius 2 is 1.92 bits per heavy atom. The molecule has 0 spiro atoms. The Labute approximate surface area is 138 Å². The van der Waals surface area contributed by atoms with E-state index in [4.69, 9.17) is 9.84 Å². The average Bonchev–Trinajstić information content (AvgIpc) is 2.96. The molecule has 0 bridgehead atoms. The smallest absolute Gasteiger partial charge is 0.339 e. The van der Waals surface area contributed by atoms with Crippen LogP contribution in [-0.2, 0) is 4.79 Å². The van der Waals surface area contributed by atoms with Gasteiger partial charge >= 0.3 is 5.97 Å². The number of carbonyl (C=O) groups excluding carboxylic acids is 1. The van der Waals surface area contributed by atoms with Crippen LogP contribution in [0.1, 0.15) is 28.3 Å². The fourth-order valence-electron chi connectivity index (χ4n) is 2.95. The summed E-state index contributed by atoms with van der Waals surface area (Å²) in [6, 6.07) is 11.4. The third-order valence-corrected chi connectivity index (χ3v) is 4.21. The van der Waals surface area contributed by atoms with E-state index in [0.717, 1.165) is 11.3 Å². The summed E-state index contributed by atoms with van der Waals surface area (Å²) in [6.45, 7) is 0.499. The minimum atomic E-state index is -1.05. The molecule has 0 saturated carbocycles. The Morgan fingerprint density at radius 1 is 1.21 bits per heavy atom. The molecule has 2 aromatic carbocycles. The molecule has 3 rings (SSSR count). The lowest BCUT2D eigenvalue weighted by atomic mass is 9.96. The Balaban J connectivity index is 1.85. The molecule has 124 valence electrons. The number of ether oxygens (including phenoxy) is 1. The van der Waals surface area contributed by atoms with Gasteiger partial charge in [0.2, 0.25) is 5.91 Å². The van der Waals surface area contributed by atoms with Gasteiger partial charge in [0, 0.05) is 24.6 Å². The van der Waals surface area contributed by atoms with E-state index in [2.05, 4.69) is 0 Å². The standard InChI is InChI=1S/C18H17NO5/c1-24-16-8-11(2-7-15(16)18(22)23)12-9-17(21)19(10-12)13-3-5-14(20)6-4-13/h2-8,12,20H,9-10H2,1H3,(H,22,23). The van der Waals surface area contributed by atoms with Crippen molar-refractivity contribution in [1.29, 1.82) is 0 Å². The lowest BCUT2D eigenvalue weighted by Crippen LogP contribution is -2.24. The van der Waals surface area contributed by atoms with Gasteiger partial charge in [0.05, 0.1) is 7.11 Å². The summed E-state index contributed by atoms with van der Waals surface area (Å²) in [7, 11) is 1.42. The minimum absolute atomic E-state index is 0.00744. The fourth-order valence-corrected chi connectivity index (χ4v) is 2.95. The molecule has 1 atom stereocenters. The van der Waals surface area contributed by atoms with E-state index < -0.39 is 5.97 Å². The van der Waals surface area contributed by atoms with E-state index in [1.807, 2.05) is 0 Å². The van der Waals surface area contributed by atoms with Crippen LogP contribution < -0.4 is 9.64 Å². The van der Waals surface area contributed by atoms with Gasteiger partial charge in [-0.1, -0.05) is 6.07 Å². The van der Waals surface area contributed by atoms with Gasteiger partial charge in [-0.05, 0) is 42.0 Å². The van der Waals surface area contributed by atoms with Crippen LogP contribution in [0.4, 0.5) is 5.69 Å². The lowest BCUT2D eigenvalue weighted by Gasteiger charge is -2.17. The number of carbonyl (C=O) groups is 2. The number of amides is 1. The molecule has 2 aromatic rings. The SMILES string of the molecule is COc1cc(C2CC(=O)N(c3ccc(O)cc3)C2)ccc1C(=O)O. The second-order valence-electron chi connectivity index (χ2n) is 5.69. The van der Waals surface area contributed by atoms with E-state index in [9.17, 15) is 14.7 Å². The number of nitrogens with zero attached hydrogens (tertiary/aromatic N) is 1. The first-order valence-corrected chi connectivity index (χ1v) is 7.50. The highest BCUT2D eigenvalue weighted by Gasteiger charge is 2.32. The van der Waals surface area contributed by atoms with E-state index in [1.165, 1.54) is 13.2 Å². The predicted molar refractivity (Wildman–Crippen MR) is 87.8 cm³/mol. The van der Waals surface area contributed by atoms with Crippen molar-refractivity contribution in [1.82, 2.24) is 0 Å². The second kappa shape index (κ2) is 6.23. The van der Waals surface area contributed by atoms with E-state index in [1.54, 1.807) is 41.3 Å². The summed E-state index contributed by atoms with van der Waals surface area (Å²) >= 11 is 0. The number of aromatic carboxylic acids is 1. The Kier molecular flexibility index (Phi) is 4.12. The normalized spacial score (nSPS) is 17.1. The zero-order valence-electron chi connectivity index (χ0n) is 13.1. The van der Waals surface area contributed by atoms with E-state index in [-0.39, 0.29) is 28.9 Å². The van der Waals surface area contributed by atoms with Crippen LogP contribution in [-0.4, -0.2) is 35.7 Å². The molecule has 6 heteroatoms. The molecule has 1 aliphatic heterocycles. The first-order valence-electron chi connectivity index (χ1n) is 7.50. The van der Waals surface area contributed by atoms with Crippen LogP contribution in [0.25, 0.3) is 0 Å². The van der Waals surface area contributed by atoms with Crippen LogP contribution in [0, 0.1) is 0 Å². The zero-order chi connectivity index (χ0) is 17.3. The van der Waals surface area contributed by atoms with Crippen LogP contribution in [0.2, 0.25) is 0 Å². The van der Waals surface area contributed by atoms with Crippen molar-refractivity contribution in [2.75, 3.05) is 18.6 Å². The number of carboxylic acid groups (broad SMARTS) is 1. The first kappa shape index (κ1) is 15.9. The topological polar surface area (TPSA) is 87.1 Å². The maximum absolute atomic E-state index is 12.3. The van der Waals surface area contributed by atoms with Crippen molar-refractivity contribution in [3.05, 3.63) is 53.6 Å². The Bertz CT molecular complexity index is 784. The van der Waals surface area contributed by atoms with Gasteiger partial charge in [0.15, 0.2) is 0 Å². The fraction of sp³-hybridized carbons (Fsp3) is 0.222. The highest BCUT2D eigenvalue weighted by molar-refractivity contribution is 5.96. The molecule has 0 aromatic heterocycles. The number of benzene rings is 2. The quantitative estimate of drug-likeness (QED) is 0.901. The van der Waals surface area contributed by atoms with Gasteiger partial charge < -0.3 is 19.8 Å². The molecule has 0 aliphatic carbocycles. The second-order valence-corrected chi connectivity index (χ2v) is 5.69. The number of methoxy groups -OCH3 is 1. The number of hydrogen-bond acceptors (Lipinski definition) is 4. The van der Waals surface area contributed by atoms with Gasteiger partial charge in [-0.3, -0.25) is 4.79 Å². The van der Waals surface area contributed by atoms with Crippen molar-refractivity contribution in [3.8, 4) is 11.5 Å². The number of hydrogen-bond donors (Lipinski definition) is 2. The maximum atomic E-state index is 12.3. The number of carboxylic acids is 1. The van der Waals surface area contributed by atoms with Crippen LogP contribution in [0.15, 0.2) is 42.5 Å². The zero-order valence-corrected chi connectivity index (χ0v) is 13.1. The third kappa shape index (κ3) is 2.90. The monoisotopic (exact) mass is 327 g/mol. The molecule has 2 N–H and O–H groups in total. The number of phenolic OH excluding ortho intramolecular Hbond substituents is 1. The van der Waals surface area contributed by atoms with Gasteiger partial charge in [0.1, 0.15) is 17.1 Å². The van der Waals surface area contributed by atoms with Crippen LogP contribution in [0.5, 0.6) is 11.5 Å². The molecular weight excluding hydrogens is 310 g/mol. The predicted octanol–water partition coefficient (Wildman–Crippen LogP) is 2.62. The highest BCUT2D eigenvalue weighted by Crippen LogP contribution is 2.34. The summed E-state index contributed by atoms with van der Waals surface area (Å²) in [5.74, 6) is -0.659. The molecule has 1 amide bonds. The average molecular weight is 327 g/mol. The van der Waals surface area contributed by atoms with Crippen molar-refractivity contribution in [3.63, 3.8) is 0 Å². The Hall–Kier alpha value is -3.02. The van der Waals surface area contributed by atoms with Crippen molar-refractivity contribution < 1.29 is 24.5 Å². The molecule has 0 radical (unpaired) electrons. The number of phenols is 1. The third-order valence-electron chi connectivity index (χ3n) is 4.21. The molecule has 1 fully saturated rings. The minimum Gasteiger partial charge on any atom is -0.508 e. The summed E-state index contributed by atoms with van der Waals surface area (Å²) < 4.78 is 5.15. The molecule has 24 heavy (non-hydrogen) atoms. The molecule has 1 heterocycles. The Morgan fingerprint density at radius 3 is 2.54 bits per heavy atom. The summed E-state index contributed by atoms with van der Waals surface area (Å²) in [5, 5.41) is 18.5. The summed E-state index contributed by atoms with van der Waals surface area (Å²) in [6.07, 6.45) is 0.344. The number of aromatic hydroxyl groups is 1. The molecule has 1 saturated heterocycles. The van der Waals surface area contributed by atoms with E-state index in [0.29, 0.717) is 13.0 Å². The van der Waals surface area contributed by atoms with Gasteiger partial charge in [0.25, 0.3) is 0 Å². The molecule has 1 unspecified atom stereocenters. The number of anilines is 1. The van der Waals surface area contributed by atoms with E-state index >= 15 is 0 Å². The van der Waals surface area contributed by atoms with Crippen molar-refractivity contribution in [2.45, 2.75) is 12.3 Å². The van der Waals surface area contributed by atoms with Crippen molar-refractivity contribution >= 4 is 17.6 Å². The van der Waals surface area contributed by atoms with Crippen LogP contribution in [0.3, 0.4) is 0 Å². The van der Waals surface area contributed by atoms with Crippen molar-refractivity contribution in [2.24, 2.45) is 0 Å². The summed E-state index contributed by atoms with van der Waals surface area (Å²) in [4.78, 5) is 25.1. The van der Waals surface area contributed by atoms with Gasteiger partial charge in [-0.2, -0.15) is 0 Å². The molecular formula is C18H17NO5. The van der Waals surface area contributed by atoms with Crippen LogP contribution >= 0.6 is 0 Å². The first-order chi connectivity index (χ1) is 11.5. The van der Waals surface area contributed by atoms with Gasteiger partial charge in [-0.25, -0.2) is 4.79 Å².